The number of hydrogen-bond acceptors (Lipinski definition) is 3. The SMILES string of the molecule is C=Cc1c(C(=O)OC)n(C)c2nc(Cc3ccccc3F)ccc12. The van der Waals surface area contributed by atoms with Gasteiger partial charge in [-0.15, -0.1) is 0 Å². The minimum absolute atomic E-state index is 0.256. The van der Waals surface area contributed by atoms with Crippen molar-refractivity contribution in [3.63, 3.8) is 0 Å². The number of nitrogens with zero attached hydrogens (tertiary/aromatic N) is 2. The lowest BCUT2D eigenvalue weighted by atomic mass is 10.1. The van der Waals surface area contributed by atoms with Gasteiger partial charge < -0.3 is 9.30 Å². The van der Waals surface area contributed by atoms with Crippen molar-refractivity contribution in [2.75, 3.05) is 7.11 Å². The highest BCUT2D eigenvalue weighted by atomic mass is 19.1. The molecule has 0 radical (unpaired) electrons. The zero-order chi connectivity index (χ0) is 17.3. The minimum atomic E-state index is -0.443. The highest BCUT2D eigenvalue weighted by Gasteiger charge is 2.21. The molecule has 0 bridgehead atoms. The average molecular weight is 324 g/mol. The average Bonchev–Trinajstić information content (AvgIpc) is 2.88. The zero-order valence-corrected chi connectivity index (χ0v) is 13.5. The first-order valence-corrected chi connectivity index (χ1v) is 7.49. The molecule has 1 aromatic carbocycles. The van der Waals surface area contributed by atoms with Gasteiger partial charge in [0.1, 0.15) is 17.2 Å². The van der Waals surface area contributed by atoms with Crippen LogP contribution in [-0.2, 0) is 18.2 Å². The van der Waals surface area contributed by atoms with Crippen molar-refractivity contribution >= 4 is 23.1 Å². The Morgan fingerprint density at radius 2 is 2.08 bits per heavy atom. The summed E-state index contributed by atoms with van der Waals surface area (Å²) in [5.74, 6) is -0.700. The molecule has 0 saturated heterocycles. The van der Waals surface area contributed by atoms with E-state index in [2.05, 4.69) is 11.6 Å². The minimum Gasteiger partial charge on any atom is -0.464 e. The quantitative estimate of drug-likeness (QED) is 0.687. The number of carbonyl (C=O) groups excluding carboxylic acids is 1. The third kappa shape index (κ3) is 2.58. The number of esters is 1. The Morgan fingerprint density at radius 3 is 2.75 bits per heavy atom. The molecule has 4 nitrogen and oxygen atoms in total. The topological polar surface area (TPSA) is 44.1 Å². The molecule has 24 heavy (non-hydrogen) atoms. The first kappa shape index (κ1) is 15.9. The summed E-state index contributed by atoms with van der Waals surface area (Å²) in [7, 11) is 3.09. The van der Waals surface area contributed by atoms with Crippen molar-refractivity contribution in [2.24, 2.45) is 7.05 Å². The molecule has 0 atom stereocenters. The fourth-order valence-corrected chi connectivity index (χ4v) is 2.85. The molecular weight excluding hydrogens is 307 g/mol. The van der Waals surface area contributed by atoms with Gasteiger partial charge in [-0.2, -0.15) is 0 Å². The maximum Gasteiger partial charge on any atom is 0.355 e. The van der Waals surface area contributed by atoms with E-state index in [4.69, 9.17) is 4.74 Å². The lowest BCUT2D eigenvalue weighted by molar-refractivity contribution is 0.0590. The lowest BCUT2D eigenvalue weighted by Crippen LogP contribution is -2.09. The molecule has 3 aromatic rings. The molecular formula is C19H17FN2O2. The van der Waals surface area contributed by atoms with Crippen LogP contribution in [0.5, 0.6) is 0 Å². The summed E-state index contributed by atoms with van der Waals surface area (Å²) in [6.07, 6.45) is 2.00. The van der Waals surface area contributed by atoms with E-state index in [1.54, 1.807) is 35.9 Å². The smallest absolute Gasteiger partial charge is 0.355 e. The maximum absolute atomic E-state index is 13.8. The predicted octanol–water partition coefficient (Wildman–Crippen LogP) is 3.73. The number of fused-ring (bicyclic) bond motifs is 1. The molecule has 3 rings (SSSR count). The maximum atomic E-state index is 13.8. The highest BCUT2D eigenvalue weighted by molar-refractivity contribution is 6.01. The highest BCUT2D eigenvalue weighted by Crippen LogP contribution is 2.26. The summed E-state index contributed by atoms with van der Waals surface area (Å²) in [6.45, 7) is 3.78. The molecule has 0 aliphatic heterocycles. The fourth-order valence-electron chi connectivity index (χ4n) is 2.85. The summed E-state index contributed by atoms with van der Waals surface area (Å²) in [4.78, 5) is 16.6. The second kappa shape index (κ2) is 6.28. The van der Waals surface area contributed by atoms with Crippen LogP contribution in [0.2, 0.25) is 0 Å². The van der Waals surface area contributed by atoms with Crippen LogP contribution in [0, 0.1) is 5.82 Å². The van der Waals surface area contributed by atoms with Crippen LogP contribution < -0.4 is 0 Å². The number of ether oxygens (including phenoxy) is 1. The van der Waals surface area contributed by atoms with Gasteiger partial charge in [0.2, 0.25) is 0 Å². The van der Waals surface area contributed by atoms with Gasteiger partial charge >= 0.3 is 5.97 Å². The van der Waals surface area contributed by atoms with Gasteiger partial charge in [0, 0.05) is 30.1 Å². The number of aromatic nitrogens is 2. The van der Waals surface area contributed by atoms with E-state index in [9.17, 15) is 9.18 Å². The number of hydrogen-bond donors (Lipinski definition) is 0. The van der Waals surface area contributed by atoms with Crippen LogP contribution in [0.25, 0.3) is 17.1 Å². The van der Waals surface area contributed by atoms with E-state index >= 15 is 0 Å². The number of methoxy groups -OCH3 is 1. The van der Waals surface area contributed by atoms with Gasteiger partial charge in [0.25, 0.3) is 0 Å². The van der Waals surface area contributed by atoms with Gasteiger partial charge in [0.05, 0.1) is 7.11 Å². The first-order chi connectivity index (χ1) is 11.6. The molecule has 2 heterocycles. The van der Waals surface area contributed by atoms with Crippen LogP contribution in [0.15, 0.2) is 43.0 Å². The molecule has 0 fully saturated rings. The number of pyridine rings is 1. The molecule has 0 saturated carbocycles. The van der Waals surface area contributed by atoms with E-state index in [1.807, 2.05) is 12.1 Å². The number of benzene rings is 1. The second-order valence-corrected chi connectivity index (χ2v) is 5.46. The molecule has 0 amide bonds. The molecule has 0 N–H and O–H groups in total. The molecule has 122 valence electrons. The van der Waals surface area contributed by atoms with E-state index in [0.717, 1.165) is 11.1 Å². The molecule has 2 aromatic heterocycles. The summed E-state index contributed by atoms with van der Waals surface area (Å²) < 4.78 is 20.4. The third-order valence-electron chi connectivity index (χ3n) is 4.04. The van der Waals surface area contributed by atoms with Gasteiger partial charge in [-0.1, -0.05) is 30.9 Å². The van der Waals surface area contributed by atoms with E-state index in [0.29, 0.717) is 28.9 Å². The Kier molecular flexibility index (Phi) is 4.16. The summed E-state index contributed by atoms with van der Waals surface area (Å²) in [5, 5.41) is 0.810. The van der Waals surface area contributed by atoms with Crippen LogP contribution in [0.4, 0.5) is 4.39 Å². The van der Waals surface area contributed by atoms with Crippen molar-refractivity contribution in [1.82, 2.24) is 9.55 Å². The summed E-state index contributed by atoms with van der Waals surface area (Å²) in [5.41, 5.74) is 3.03. The molecule has 5 heteroatoms. The standard InChI is InChI=1S/C19H17FN2O2/c1-4-14-15-10-9-13(11-12-7-5-6-8-16(12)20)21-18(15)22(2)17(14)19(23)24-3/h4-10H,1,11H2,2-3H3. The molecule has 0 aliphatic rings. The third-order valence-corrected chi connectivity index (χ3v) is 4.04. The molecule has 0 unspecified atom stereocenters. The van der Waals surface area contributed by atoms with Crippen molar-refractivity contribution in [1.29, 1.82) is 0 Å². The predicted molar refractivity (Wildman–Crippen MR) is 91.4 cm³/mol. The first-order valence-electron chi connectivity index (χ1n) is 7.49. The summed E-state index contributed by atoms with van der Waals surface area (Å²) in [6, 6.07) is 10.3. The van der Waals surface area contributed by atoms with E-state index < -0.39 is 5.97 Å². The summed E-state index contributed by atoms with van der Waals surface area (Å²) >= 11 is 0. The molecule has 0 aliphatic carbocycles. The number of rotatable bonds is 4. The second-order valence-electron chi connectivity index (χ2n) is 5.46. The monoisotopic (exact) mass is 324 g/mol. The Morgan fingerprint density at radius 1 is 1.33 bits per heavy atom. The number of aryl methyl sites for hydroxylation is 1. The zero-order valence-electron chi connectivity index (χ0n) is 13.5. The van der Waals surface area contributed by atoms with Gasteiger partial charge in [-0.05, 0) is 23.8 Å². The van der Waals surface area contributed by atoms with Crippen molar-refractivity contribution in [3.8, 4) is 0 Å². The van der Waals surface area contributed by atoms with Crippen molar-refractivity contribution in [2.45, 2.75) is 6.42 Å². The van der Waals surface area contributed by atoms with E-state index in [1.165, 1.54) is 13.2 Å². The van der Waals surface area contributed by atoms with E-state index in [-0.39, 0.29) is 5.82 Å². The Balaban J connectivity index is 2.12. The van der Waals surface area contributed by atoms with Crippen LogP contribution >= 0.6 is 0 Å². The van der Waals surface area contributed by atoms with Crippen molar-refractivity contribution < 1.29 is 13.9 Å². The number of halogens is 1. The van der Waals surface area contributed by atoms with Crippen LogP contribution in [-0.4, -0.2) is 22.6 Å². The van der Waals surface area contributed by atoms with Crippen molar-refractivity contribution in [3.05, 3.63) is 71.3 Å². The normalized spacial score (nSPS) is 10.8. The van der Waals surface area contributed by atoms with Gasteiger partial charge in [-0.25, -0.2) is 14.2 Å². The number of carbonyl (C=O) groups is 1. The Hall–Kier alpha value is -2.95. The Labute approximate surface area is 139 Å². The van der Waals surface area contributed by atoms with Gasteiger partial charge in [-0.3, -0.25) is 0 Å². The van der Waals surface area contributed by atoms with Crippen LogP contribution in [0.1, 0.15) is 27.3 Å². The molecule has 0 spiro atoms. The lowest BCUT2D eigenvalue weighted by Gasteiger charge is -2.05. The van der Waals surface area contributed by atoms with Crippen LogP contribution in [0.3, 0.4) is 0 Å². The van der Waals surface area contributed by atoms with Gasteiger partial charge in [0.15, 0.2) is 0 Å². The Bertz CT molecular complexity index is 944. The fraction of sp³-hybridized carbons (Fsp3) is 0.158. The largest absolute Gasteiger partial charge is 0.464 e.